The van der Waals surface area contributed by atoms with E-state index in [1.165, 1.54) is 0 Å². The second-order valence-corrected chi connectivity index (χ2v) is 9.85. The molecule has 0 spiro atoms. The zero-order valence-electron chi connectivity index (χ0n) is 12.9. The maximum absolute atomic E-state index is 12.6. The highest BCUT2D eigenvalue weighted by molar-refractivity contribution is 7.89. The molecule has 0 radical (unpaired) electrons. The molecule has 2 aliphatic heterocycles. The summed E-state index contributed by atoms with van der Waals surface area (Å²) in [7, 11) is -3.14. The topological polar surface area (TPSA) is 49.4 Å². The molecule has 2 heterocycles. The molecule has 2 saturated heterocycles. The van der Waals surface area contributed by atoms with Gasteiger partial charge in [-0.15, -0.1) is 0 Å². The van der Waals surface area contributed by atoms with Gasteiger partial charge in [-0.2, -0.15) is 4.31 Å². The Morgan fingerprint density at radius 1 is 1.26 bits per heavy atom. The zero-order chi connectivity index (χ0) is 14.5. The van der Waals surface area contributed by atoms with Gasteiger partial charge in [0.15, 0.2) is 0 Å². The summed E-state index contributed by atoms with van der Waals surface area (Å²) in [6.07, 6.45) is 0.718. The minimum atomic E-state index is -3.14. The van der Waals surface area contributed by atoms with Gasteiger partial charge in [-0.25, -0.2) is 8.42 Å². The molecule has 4 nitrogen and oxygen atoms in total. The van der Waals surface area contributed by atoms with Crippen molar-refractivity contribution in [2.45, 2.75) is 46.6 Å². The quantitative estimate of drug-likeness (QED) is 0.859. The van der Waals surface area contributed by atoms with Crippen molar-refractivity contribution in [2.75, 3.05) is 25.4 Å². The summed E-state index contributed by atoms with van der Waals surface area (Å²) in [6.45, 7) is 13.0. The molecule has 19 heavy (non-hydrogen) atoms. The van der Waals surface area contributed by atoms with Crippen LogP contribution in [0.15, 0.2) is 0 Å². The van der Waals surface area contributed by atoms with E-state index in [1.807, 2.05) is 0 Å². The van der Waals surface area contributed by atoms with E-state index in [1.54, 1.807) is 4.31 Å². The van der Waals surface area contributed by atoms with Crippen LogP contribution < -0.4 is 5.32 Å². The molecule has 0 saturated carbocycles. The van der Waals surface area contributed by atoms with E-state index in [0.717, 1.165) is 19.5 Å². The summed E-state index contributed by atoms with van der Waals surface area (Å²) < 4.78 is 27.0. The van der Waals surface area contributed by atoms with Crippen molar-refractivity contribution in [1.82, 2.24) is 9.62 Å². The first-order valence-corrected chi connectivity index (χ1v) is 8.86. The van der Waals surface area contributed by atoms with Gasteiger partial charge in [-0.05, 0) is 44.1 Å². The lowest BCUT2D eigenvalue weighted by atomic mass is 9.85. The van der Waals surface area contributed by atoms with Gasteiger partial charge < -0.3 is 5.32 Å². The summed E-state index contributed by atoms with van der Waals surface area (Å²) >= 11 is 0. The largest absolute Gasteiger partial charge is 0.316 e. The van der Waals surface area contributed by atoms with Gasteiger partial charge in [0.1, 0.15) is 0 Å². The smallest absolute Gasteiger partial charge is 0.214 e. The van der Waals surface area contributed by atoms with E-state index >= 15 is 0 Å². The van der Waals surface area contributed by atoms with Crippen LogP contribution in [0, 0.1) is 17.3 Å². The van der Waals surface area contributed by atoms with Crippen molar-refractivity contribution in [2.24, 2.45) is 17.3 Å². The Bertz CT molecular complexity index is 437. The Kier molecular flexibility index (Phi) is 3.78. The number of rotatable bonds is 3. The average Bonchev–Trinajstić information content (AvgIpc) is 2.78. The molecule has 112 valence electrons. The Labute approximate surface area is 118 Å². The average molecular weight is 288 g/mol. The van der Waals surface area contributed by atoms with Crippen LogP contribution in [0.2, 0.25) is 0 Å². The Hall–Kier alpha value is -0.130. The standard InChI is InChI=1S/C14H28N2O2S/c1-13(2,3)6-7-19(17,18)16-10-11-8-15-9-12(11)14(16,4)5/h11-12,15H,6-10H2,1-5H3. The minimum Gasteiger partial charge on any atom is -0.316 e. The highest BCUT2D eigenvalue weighted by atomic mass is 32.2. The SMILES string of the molecule is CC(C)(C)CCS(=O)(=O)N1CC2CNCC2C1(C)C. The highest BCUT2D eigenvalue weighted by Crippen LogP contribution is 2.42. The fraction of sp³-hybridized carbons (Fsp3) is 1.00. The van der Waals surface area contributed by atoms with Crippen molar-refractivity contribution >= 4 is 10.0 Å². The van der Waals surface area contributed by atoms with E-state index in [9.17, 15) is 8.42 Å². The van der Waals surface area contributed by atoms with Gasteiger partial charge in [0, 0.05) is 18.6 Å². The molecule has 1 N–H and O–H groups in total. The van der Waals surface area contributed by atoms with Crippen LogP contribution in [0.5, 0.6) is 0 Å². The lowest BCUT2D eigenvalue weighted by Crippen LogP contribution is -2.48. The third-order valence-corrected chi connectivity index (χ3v) is 6.75. The number of hydrogen-bond acceptors (Lipinski definition) is 3. The predicted octanol–water partition coefficient (Wildman–Crippen LogP) is 1.68. The second-order valence-electron chi connectivity index (χ2n) is 7.84. The molecule has 0 aromatic carbocycles. The third kappa shape index (κ3) is 2.98. The normalized spacial score (nSPS) is 31.6. The van der Waals surface area contributed by atoms with Gasteiger partial charge in [0.05, 0.1) is 5.75 Å². The van der Waals surface area contributed by atoms with E-state index in [-0.39, 0.29) is 16.7 Å². The molecule has 0 aromatic heterocycles. The summed E-state index contributed by atoms with van der Waals surface area (Å²) in [4.78, 5) is 0. The number of nitrogens with one attached hydrogen (secondary N) is 1. The number of fused-ring (bicyclic) bond motifs is 1. The molecule has 2 atom stereocenters. The van der Waals surface area contributed by atoms with Gasteiger partial charge >= 0.3 is 0 Å². The number of sulfonamides is 1. The van der Waals surface area contributed by atoms with E-state index < -0.39 is 10.0 Å². The van der Waals surface area contributed by atoms with Crippen LogP contribution in [-0.4, -0.2) is 43.6 Å². The molecule has 0 aromatic rings. The number of nitrogens with zero attached hydrogens (tertiary/aromatic N) is 1. The second kappa shape index (κ2) is 4.71. The fourth-order valence-electron chi connectivity index (χ4n) is 3.40. The maximum atomic E-state index is 12.6. The number of hydrogen-bond donors (Lipinski definition) is 1. The van der Waals surface area contributed by atoms with Crippen LogP contribution >= 0.6 is 0 Å². The van der Waals surface area contributed by atoms with Crippen LogP contribution in [-0.2, 0) is 10.0 Å². The Morgan fingerprint density at radius 2 is 1.89 bits per heavy atom. The molecule has 2 aliphatic rings. The first-order valence-electron chi connectivity index (χ1n) is 7.25. The maximum Gasteiger partial charge on any atom is 0.214 e. The molecule has 0 aliphatic carbocycles. The molecule has 2 unspecified atom stereocenters. The molecule has 2 fully saturated rings. The molecule has 0 bridgehead atoms. The predicted molar refractivity (Wildman–Crippen MR) is 78.5 cm³/mol. The van der Waals surface area contributed by atoms with Gasteiger partial charge in [0.2, 0.25) is 10.0 Å². The molecule has 2 rings (SSSR count). The molecular weight excluding hydrogens is 260 g/mol. The first-order chi connectivity index (χ1) is 8.54. The lowest BCUT2D eigenvalue weighted by Gasteiger charge is -2.35. The zero-order valence-corrected chi connectivity index (χ0v) is 13.7. The molecule has 5 heteroatoms. The molecule has 0 amide bonds. The molecular formula is C14H28N2O2S. The fourth-order valence-corrected chi connectivity index (χ4v) is 5.76. The Balaban J connectivity index is 2.13. The van der Waals surface area contributed by atoms with Gasteiger partial charge in [0.25, 0.3) is 0 Å². The summed E-state index contributed by atoms with van der Waals surface area (Å²) in [5, 5.41) is 3.39. The van der Waals surface area contributed by atoms with Crippen LogP contribution in [0.4, 0.5) is 0 Å². The van der Waals surface area contributed by atoms with Gasteiger partial charge in [-0.3, -0.25) is 0 Å². The van der Waals surface area contributed by atoms with Gasteiger partial charge in [-0.1, -0.05) is 20.8 Å². The van der Waals surface area contributed by atoms with E-state index in [2.05, 4.69) is 39.9 Å². The highest BCUT2D eigenvalue weighted by Gasteiger charge is 2.53. The summed E-state index contributed by atoms with van der Waals surface area (Å²) in [6, 6.07) is 0. The van der Waals surface area contributed by atoms with Crippen molar-refractivity contribution in [3.63, 3.8) is 0 Å². The summed E-state index contributed by atoms with van der Waals surface area (Å²) in [5.74, 6) is 1.21. The van der Waals surface area contributed by atoms with E-state index in [0.29, 0.717) is 18.4 Å². The van der Waals surface area contributed by atoms with Crippen molar-refractivity contribution in [3.05, 3.63) is 0 Å². The monoisotopic (exact) mass is 288 g/mol. The lowest BCUT2D eigenvalue weighted by molar-refractivity contribution is 0.232. The third-order valence-electron chi connectivity index (χ3n) is 4.74. The first kappa shape index (κ1) is 15.3. The minimum absolute atomic E-state index is 0.0639. The van der Waals surface area contributed by atoms with Crippen LogP contribution in [0.25, 0.3) is 0 Å². The van der Waals surface area contributed by atoms with E-state index in [4.69, 9.17) is 0 Å². The summed E-state index contributed by atoms with van der Waals surface area (Å²) in [5.41, 5.74) is -0.181. The van der Waals surface area contributed by atoms with Crippen LogP contribution in [0.1, 0.15) is 41.0 Å². The van der Waals surface area contributed by atoms with Crippen molar-refractivity contribution in [1.29, 1.82) is 0 Å². The van der Waals surface area contributed by atoms with Crippen molar-refractivity contribution < 1.29 is 8.42 Å². The van der Waals surface area contributed by atoms with Crippen LogP contribution in [0.3, 0.4) is 0 Å². The van der Waals surface area contributed by atoms with Crippen molar-refractivity contribution in [3.8, 4) is 0 Å². The Morgan fingerprint density at radius 3 is 2.42 bits per heavy atom.